The highest BCUT2D eigenvalue weighted by molar-refractivity contribution is 5.94. The van der Waals surface area contributed by atoms with Crippen molar-refractivity contribution >= 4 is 28.9 Å². The minimum absolute atomic E-state index is 0.176. The quantitative estimate of drug-likeness (QED) is 0.379. The van der Waals surface area contributed by atoms with E-state index in [0.717, 1.165) is 24.2 Å². The molecule has 11 heteroatoms. The number of benzene rings is 1. The number of hydrogen-bond acceptors (Lipinski definition) is 5. The van der Waals surface area contributed by atoms with Gasteiger partial charge in [0.25, 0.3) is 5.91 Å². The average Bonchev–Trinajstić information content (AvgIpc) is 3.19. The van der Waals surface area contributed by atoms with Crippen LogP contribution in [0.3, 0.4) is 0 Å². The fourth-order valence-electron chi connectivity index (χ4n) is 3.26. The summed E-state index contributed by atoms with van der Waals surface area (Å²) in [6.45, 7) is 2.34. The maximum Gasteiger partial charge on any atom is 0.321 e. The van der Waals surface area contributed by atoms with Crippen molar-refractivity contribution in [1.82, 2.24) is 39.9 Å². The molecule has 0 bridgehead atoms. The summed E-state index contributed by atoms with van der Waals surface area (Å²) < 4.78 is 3.46. The third kappa shape index (κ3) is 3.84. The second kappa shape index (κ2) is 7.59. The largest absolute Gasteiger partial charge is 0.348 e. The Morgan fingerprint density at radius 2 is 2.16 bits per heavy atom. The first-order chi connectivity index (χ1) is 15.1. The van der Waals surface area contributed by atoms with Crippen LogP contribution in [0.4, 0.5) is 10.7 Å². The fraction of sp³-hybridized carbons (Fsp3) is 0.250. The summed E-state index contributed by atoms with van der Waals surface area (Å²) in [5.41, 5.74) is 3.19. The van der Waals surface area contributed by atoms with Crippen LogP contribution in [-0.4, -0.2) is 53.8 Å². The molecule has 158 valence electrons. The summed E-state index contributed by atoms with van der Waals surface area (Å²) in [6.07, 6.45) is 8.81. The Hall–Kier alpha value is -4.15. The van der Waals surface area contributed by atoms with Crippen molar-refractivity contribution in [2.24, 2.45) is 0 Å². The number of carbonyl (C=O) groups is 2. The second-order valence-corrected chi connectivity index (χ2v) is 7.30. The highest BCUT2D eigenvalue weighted by Crippen LogP contribution is 2.26. The molecule has 1 aromatic carbocycles. The SMILES string of the molecule is CCNC(=O)Nc1nc2c(-n3cccn3)cc(-n3cnc(C(=O)NC4CC4)c3)cc2[nH]1. The molecule has 1 saturated carbocycles. The van der Waals surface area contributed by atoms with Gasteiger partial charge in [0, 0.05) is 31.2 Å². The molecule has 11 nitrogen and oxygen atoms in total. The Morgan fingerprint density at radius 1 is 1.29 bits per heavy atom. The Bertz CT molecular complexity index is 1250. The zero-order chi connectivity index (χ0) is 21.4. The number of hydrogen-bond donors (Lipinski definition) is 4. The van der Waals surface area contributed by atoms with Crippen LogP contribution in [0.15, 0.2) is 43.1 Å². The number of anilines is 1. The van der Waals surface area contributed by atoms with Crippen LogP contribution in [0.25, 0.3) is 22.4 Å². The number of aromatic nitrogens is 6. The number of imidazole rings is 2. The maximum atomic E-state index is 12.3. The van der Waals surface area contributed by atoms with E-state index in [4.69, 9.17) is 0 Å². The normalized spacial score (nSPS) is 13.3. The third-order valence-electron chi connectivity index (χ3n) is 4.90. The van der Waals surface area contributed by atoms with Gasteiger partial charge in [-0.25, -0.2) is 19.4 Å². The van der Waals surface area contributed by atoms with Gasteiger partial charge in [0.1, 0.15) is 17.5 Å². The maximum absolute atomic E-state index is 12.3. The van der Waals surface area contributed by atoms with Crippen molar-refractivity contribution in [3.63, 3.8) is 0 Å². The number of carbonyl (C=O) groups excluding carboxylic acids is 2. The number of aromatic amines is 1. The zero-order valence-electron chi connectivity index (χ0n) is 16.8. The summed E-state index contributed by atoms with van der Waals surface area (Å²) in [7, 11) is 0. The predicted octanol–water partition coefficient (Wildman–Crippen LogP) is 1.97. The lowest BCUT2D eigenvalue weighted by atomic mass is 10.2. The number of amides is 3. The number of urea groups is 1. The smallest absolute Gasteiger partial charge is 0.321 e. The van der Waals surface area contributed by atoms with Gasteiger partial charge in [0.15, 0.2) is 0 Å². The molecule has 0 aliphatic heterocycles. The Labute approximate surface area is 176 Å². The number of nitrogens with one attached hydrogen (secondary N) is 4. The topological polar surface area (TPSA) is 135 Å². The van der Waals surface area contributed by atoms with Crippen LogP contribution in [0.5, 0.6) is 0 Å². The molecule has 0 spiro atoms. The van der Waals surface area contributed by atoms with E-state index in [-0.39, 0.29) is 18.0 Å². The van der Waals surface area contributed by atoms with Crippen molar-refractivity contribution in [1.29, 1.82) is 0 Å². The molecule has 0 radical (unpaired) electrons. The lowest BCUT2D eigenvalue weighted by Crippen LogP contribution is -2.28. The molecule has 0 saturated heterocycles. The van der Waals surface area contributed by atoms with Gasteiger partial charge in [0.2, 0.25) is 5.95 Å². The van der Waals surface area contributed by atoms with Crippen molar-refractivity contribution in [2.45, 2.75) is 25.8 Å². The highest BCUT2D eigenvalue weighted by Gasteiger charge is 2.25. The summed E-state index contributed by atoms with van der Waals surface area (Å²) in [4.78, 5) is 36.1. The van der Waals surface area contributed by atoms with Gasteiger partial charge in [0.05, 0.1) is 16.9 Å². The standard InChI is InChI=1S/C20H21N9O2/c1-2-21-20(31)27-19-25-14-8-13(9-16(17(14)26-19)29-7-3-6-23-29)28-10-15(22-11-28)18(30)24-12-4-5-12/h3,6-12H,2,4-5H2,1H3,(H,24,30)(H3,21,25,26,27,31). The molecule has 4 aromatic rings. The van der Waals surface area contributed by atoms with E-state index in [1.165, 1.54) is 0 Å². The molecule has 0 atom stereocenters. The van der Waals surface area contributed by atoms with Crippen molar-refractivity contribution in [2.75, 3.05) is 11.9 Å². The minimum atomic E-state index is -0.344. The third-order valence-corrected chi connectivity index (χ3v) is 4.90. The molecular formula is C20H21N9O2. The van der Waals surface area contributed by atoms with E-state index in [0.29, 0.717) is 29.2 Å². The Balaban J connectivity index is 1.53. The first-order valence-electron chi connectivity index (χ1n) is 10.0. The molecule has 0 unspecified atom stereocenters. The van der Waals surface area contributed by atoms with Crippen LogP contribution in [0, 0.1) is 0 Å². The summed E-state index contributed by atoms with van der Waals surface area (Å²) >= 11 is 0. The molecule has 31 heavy (non-hydrogen) atoms. The lowest BCUT2D eigenvalue weighted by molar-refractivity contribution is 0.0946. The van der Waals surface area contributed by atoms with Crippen LogP contribution in [0.2, 0.25) is 0 Å². The molecule has 3 amide bonds. The minimum Gasteiger partial charge on any atom is -0.348 e. The second-order valence-electron chi connectivity index (χ2n) is 7.30. The van der Waals surface area contributed by atoms with Crippen molar-refractivity contribution in [3.8, 4) is 11.4 Å². The van der Waals surface area contributed by atoms with E-state index < -0.39 is 0 Å². The first-order valence-corrected chi connectivity index (χ1v) is 10.0. The Morgan fingerprint density at radius 3 is 2.90 bits per heavy atom. The highest BCUT2D eigenvalue weighted by atomic mass is 16.2. The number of H-pyrrole nitrogens is 1. The summed E-state index contributed by atoms with van der Waals surface area (Å²) in [5, 5.41) is 12.6. The fourth-order valence-corrected chi connectivity index (χ4v) is 3.26. The van der Waals surface area contributed by atoms with Crippen LogP contribution in [-0.2, 0) is 0 Å². The number of fused-ring (bicyclic) bond motifs is 1. The van der Waals surface area contributed by atoms with Gasteiger partial charge < -0.3 is 20.2 Å². The zero-order valence-corrected chi connectivity index (χ0v) is 16.8. The summed E-state index contributed by atoms with van der Waals surface area (Å²) in [5.74, 6) is 0.145. The molecule has 1 fully saturated rings. The van der Waals surface area contributed by atoms with Gasteiger partial charge in [-0.2, -0.15) is 5.10 Å². The van der Waals surface area contributed by atoms with Gasteiger partial charge in [-0.3, -0.25) is 10.1 Å². The van der Waals surface area contributed by atoms with Crippen molar-refractivity contribution < 1.29 is 9.59 Å². The van der Waals surface area contributed by atoms with E-state index >= 15 is 0 Å². The predicted molar refractivity (Wildman–Crippen MR) is 114 cm³/mol. The number of rotatable bonds is 6. The average molecular weight is 419 g/mol. The number of nitrogens with zero attached hydrogens (tertiary/aromatic N) is 5. The van der Waals surface area contributed by atoms with E-state index in [1.54, 1.807) is 28.0 Å². The molecule has 3 heterocycles. The molecule has 4 N–H and O–H groups in total. The van der Waals surface area contributed by atoms with E-state index in [1.807, 2.05) is 31.3 Å². The summed E-state index contributed by atoms with van der Waals surface area (Å²) in [6, 6.07) is 5.51. The van der Waals surface area contributed by atoms with Crippen molar-refractivity contribution in [3.05, 3.63) is 48.8 Å². The van der Waals surface area contributed by atoms with Crippen LogP contribution >= 0.6 is 0 Å². The van der Waals surface area contributed by atoms with Gasteiger partial charge >= 0.3 is 6.03 Å². The molecule has 1 aliphatic rings. The van der Waals surface area contributed by atoms with Crippen LogP contribution < -0.4 is 16.0 Å². The van der Waals surface area contributed by atoms with Gasteiger partial charge in [-0.15, -0.1) is 0 Å². The lowest BCUT2D eigenvalue weighted by Gasteiger charge is -2.07. The van der Waals surface area contributed by atoms with Crippen LogP contribution in [0.1, 0.15) is 30.3 Å². The molecular weight excluding hydrogens is 398 g/mol. The molecule has 3 aromatic heterocycles. The van der Waals surface area contributed by atoms with Gasteiger partial charge in [-0.1, -0.05) is 0 Å². The van der Waals surface area contributed by atoms with Gasteiger partial charge in [-0.05, 0) is 38.0 Å². The van der Waals surface area contributed by atoms with E-state index in [2.05, 4.69) is 36.0 Å². The molecule has 5 rings (SSSR count). The first kappa shape index (κ1) is 18.9. The monoisotopic (exact) mass is 419 g/mol. The Kier molecular flexibility index (Phi) is 4.62. The van der Waals surface area contributed by atoms with E-state index in [9.17, 15) is 9.59 Å². The molecule has 1 aliphatic carbocycles.